The molecule has 2 aliphatic heterocycles. The van der Waals surface area contributed by atoms with Crippen molar-refractivity contribution in [1.82, 2.24) is 18.7 Å². The highest BCUT2D eigenvalue weighted by Crippen LogP contribution is 2.75. The third-order valence-corrected chi connectivity index (χ3v) is 16.1. The highest BCUT2D eigenvalue weighted by molar-refractivity contribution is 6.10. The van der Waals surface area contributed by atoms with Crippen LogP contribution in [-0.2, 0) is 16.2 Å². The molecule has 0 bridgehead atoms. The lowest BCUT2D eigenvalue weighted by atomic mass is 9.82. The predicted octanol–water partition coefficient (Wildman–Crippen LogP) is 19.9. The molecule has 376 valence electrons. The number of para-hydroxylation sites is 2. The fourth-order valence-electron chi connectivity index (χ4n) is 11.7. The second-order valence-electron chi connectivity index (χ2n) is 25.4. The third-order valence-electron chi connectivity index (χ3n) is 16.1. The maximum atomic E-state index is 7.22. The van der Waals surface area contributed by atoms with Crippen molar-refractivity contribution in [3.8, 4) is 39.6 Å². The van der Waals surface area contributed by atoms with E-state index in [0.717, 1.165) is 28.4 Å². The van der Waals surface area contributed by atoms with Crippen LogP contribution in [0.2, 0.25) is 0 Å². The molecule has 0 saturated carbocycles. The van der Waals surface area contributed by atoms with Crippen LogP contribution in [0.1, 0.15) is 155 Å². The van der Waals surface area contributed by atoms with Gasteiger partial charge in [0.1, 0.15) is 17.3 Å². The molecule has 5 heteroatoms. The Morgan fingerprint density at radius 3 is 1.65 bits per heavy atom. The van der Waals surface area contributed by atoms with E-state index in [4.69, 9.17) is 9.72 Å². The summed E-state index contributed by atoms with van der Waals surface area (Å²) in [6, 6.07) is 57.1. The van der Waals surface area contributed by atoms with Crippen molar-refractivity contribution in [2.45, 2.75) is 138 Å². The molecule has 9 aromatic rings. The van der Waals surface area contributed by atoms with E-state index < -0.39 is 0 Å². The molecule has 1 fully saturated rings. The lowest BCUT2D eigenvalue weighted by Gasteiger charge is -2.40. The molecular formula is C69H75N4O+. The van der Waals surface area contributed by atoms with Gasteiger partial charge in [-0.25, -0.2) is 4.98 Å². The number of hydrogen-bond donors (Lipinski definition) is 0. The second-order valence-corrected chi connectivity index (χ2v) is 25.4. The Morgan fingerprint density at radius 1 is 0.459 bits per heavy atom. The Labute approximate surface area is 441 Å². The summed E-state index contributed by atoms with van der Waals surface area (Å²) < 4.78 is 10.8. The average Bonchev–Trinajstić information content (AvgIpc) is 3.86. The minimum atomic E-state index is -0.146. The molecule has 2 atom stereocenters. The van der Waals surface area contributed by atoms with Gasteiger partial charge in [0.15, 0.2) is 18.0 Å². The van der Waals surface area contributed by atoms with Crippen molar-refractivity contribution >= 4 is 44.6 Å². The van der Waals surface area contributed by atoms with Gasteiger partial charge in [-0.3, -0.25) is 4.57 Å². The predicted molar refractivity (Wildman–Crippen MR) is 314 cm³/mol. The molecule has 7 aromatic carbocycles. The van der Waals surface area contributed by atoms with Crippen molar-refractivity contribution < 1.29 is 4.74 Å². The van der Waals surface area contributed by atoms with E-state index >= 15 is 0 Å². The first-order valence-corrected chi connectivity index (χ1v) is 27.0. The number of ether oxygens (including phenoxy) is 1. The number of fused-ring (bicyclic) bond motifs is 7. The fraction of sp³-hybridized carbons (Fsp3) is 0.304. The molecule has 1 saturated heterocycles. The molecule has 0 N–H and O–H groups in total. The Bertz CT molecular complexity index is 3640. The van der Waals surface area contributed by atoms with Crippen LogP contribution in [0.25, 0.3) is 49.9 Å². The standard InChI is InChI=1S/C69H75N4O/c1-43(2)48-33-58(44(3)4)66(59(34-48)45(5)6)47-29-30-70-65(35-47)71-61-28-25-50(67(7,8)9)39-60(61)57-27-26-55(41-62(57)71)74-56-38-52(69(13,14)15)37-54(40-56)73-42-72(73,63-23-19-20-24-64(63)73)53-32-49(46-21-17-16-18-22-46)31-51(36-53)68(10,11)12/h16-45H,1-15H3/q+1/t72-,73?/m0/s1. The number of pyridine rings is 1. The summed E-state index contributed by atoms with van der Waals surface area (Å²) in [5.41, 5.74) is 20.0. The Hall–Kier alpha value is -6.79. The molecule has 4 heterocycles. The van der Waals surface area contributed by atoms with Crippen molar-refractivity contribution in [1.29, 1.82) is 0 Å². The van der Waals surface area contributed by atoms with Gasteiger partial charge in [-0.2, -0.15) is 9.18 Å². The topological polar surface area (TPSA) is 27.1 Å². The fourth-order valence-corrected chi connectivity index (χ4v) is 11.7. The molecule has 0 aliphatic carbocycles. The third kappa shape index (κ3) is 8.01. The molecule has 0 amide bonds. The second kappa shape index (κ2) is 17.4. The summed E-state index contributed by atoms with van der Waals surface area (Å²) in [7, 11) is 0. The molecule has 2 aromatic heterocycles. The maximum Gasteiger partial charge on any atom is 0.225 e. The summed E-state index contributed by atoms with van der Waals surface area (Å²) in [5, 5.41) is 2.38. The summed E-state index contributed by atoms with van der Waals surface area (Å²) >= 11 is 0. The van der Waals surface area contributed by atoms with Gasteiger partial charge in [0.2, 0.25) is 11.4 Å². The Morgan fingerprint density at radius 2 is 1.05 bits per heavy atom. The molecule has 11 rings (SSSR count). The van der Waals surface area contributed by atoms with E-state index in [-0.39, 0.29) is 16.2 Å². The van der Waals surface area contributed by atoms with Gasteiger partial charge in [0.05, 0.1) is 11.0 Å². The van der Waals surface area contributed by atoms with E-state index in [1.165, 1.54) is 89.2 Å². The minimum absolute atomic E-state index is 0.0178. The molecule has 5 nitrogen and oxygen atoms in total. The first-order chi connectivity index (χ1) is 35.0. The van der Waals surface area contributed by atoms with E-state index in [1.54, 1.807) is 0 Å². The zero-order valence-electron chi connectivity index (χ0n) is 46.5. The van der Waals surface area contributed by atoms with E-state index in [2.05, 4.69) is 267 Å². The van der Waals surface area contributed by atoms with E-state index in [1.807, 2.05) is 6.20 Å². The largest absolute Gasteiger partial charge is 0.457 e. The zero-order chi connectivity index (χ0) is 52.4. The number of benzene rings is 7. The quantitative estimate of drug-likeness (QED) is 0.0776. The molecule has 0 radical (unpaired) electrons. The highest BCUT2D eigenvalue weighted by atomic mass is 16.5. The van der Waals surface area contributed by atoms with Crippen LogP contribution in [0.5, 0.6) is 11.5 Å². The lowest BCUT2D eigenvalue weighted by molar-refractivity contribution is 0.421. The van der Waals surface area contributed by atoms with Gasteiger partial charge in [0, 0.05) is 59.4 Å². The monoisotopic (exact) mass is 976 g/mol. The van der Waals surface area contributed by atoms with Gasteiger partial charge in [-0.05, 0) is 132 Å². The lowest BCUT2D eigenvalue weighted by Crippen LogP contribution is -2.46. The Balaban J connectivity index is 1.06. The van der Waals surface area contributed by atoms with Crippen molar-refractivity contribution in [3.05, 3.63) is 198 Å². The summed E-state index contributed by atoms with van der Waals surface area (Å²) in [5.74, 6) is 3.65. The van der Waals surface area contributed by atoms with Crippen LogP contribution < -0.4 is 13.9 Å². The summed E-state index contributed by atoms with van der Waals surface area (Å²) in [6.45, 7) is 37.2. The van der Waals surface area contributed by atoms with Gasteiger partial charge >= 0.3 is 0 Å². The summed E-state index contributed by atoms with van der Waals surface area (Å²) in [4.78, 5) is 5.19. The molecular weight excluding hydrogens is 901 g/mol. The van der Waals surface area contributed by atoms with Crippen LogP contribution >= 0.6 is 0 Å². The van der Waals surface area contributed by atoms with Gasteiger partial charge in [-0.15, -0.1) is 0 Å². The van der Waals surface area contributed by atoms with Crippen molar-refractivity contribution in [2.24, 2.45) is 0 Å². The number of rotatable bonds is 10. The zero-order valence-corrected chi connectivity index (χ0v) is 46.5. The Kier molecular flexibility index (Phi) is 11.6. The van der Waals surface area contributed by atoms with Crippen LogP contribution in [0.3, 0.4) is 0 Å². The average molecular weight is 976 g/mol. The molecule has 1 unspecified atom stereocenters. The first-order valence-electron chi connectivity index (χ1n) is 27.0. The number of hydrogen-bond acceptors (Lipinski definition) is 2. The van der Waals surface area contributed by atoms with Crippen LogP contribution in [0.4, 0.5) is 22.7 Å². The normalized spacial score (nSPS) is 17.5. The van der Waals surface area contributed by atoms with E-state index in [9.17, 15) is 0 Å². The van der Waals surface area contributed by atoms with Crippen LogP contribution in [0, 0.1) is 6.67 Å². The number of nitrogens with zero attached hydrogens (tertiary/aromatic N) is 4. The SMILES string of the molecule is CC(C)c1cc(C(C)C)c(-c2ccnc(-n3c4ccc(C(C)(C)C)cc4c4ccc(Oc5cc(C(C)(C)C)cc([N+]67[CH-][N@+]6(c6cc(-c8ccccc8)cc(C(C)(C)C)c6)c6ccccc67)c5)cc43)c2)c(C(C)C)c1. The van der Waals surface area contributed by atoms with Crippen LogP contribution in [-0.4, -0.2) is 9.55 Å². The van der Waals surface area contributed by atoms with E-state index in [0.29, 0.717) is 26.9 Å². The van der Waals surface area contributed by atoms with Gasteiger partial charge in [-0.1, -0.05) is 171 Å². The van der Waals surface area contributed by atoms with Gasteiger partial charge < -0.3 is 4.74 Å². The van der Waals surface area contributed by atoms with Crippen LogP contribution in [0.15, 0.2) is 158 Å². The molecule has 0 spiro atoms. The summed E-state index contributed by atoms with van der Waals surface area (Å²) in [6.07, 6.45) is 2.00. The van der Waals surface area contributed by atoms with Gasteiger partial charge in [0.25, 0.3) is 0 Å². The maximum absolute atomic E-state index is 7.22. The highest BCUT2D eigenvalue weighted by Gasteiger charge is 2.78. The number of quaternary nitrogens is 2. The smallest absolute Gasteiger partial charge is 0.225 e. The van der Waals surface area contributed by atoms with Crippen molar-refractivity contribution in [3.63, 3.8) is 0 Å². The number of aromatic nitrogens is 2. The minimum Gasteiger partial charge on any atom is -0.457 e. The molecule has 74 heavy (non-hydrogen) atoms. The molecule has 2 aliphatic rings. The first kappa shape index (κ1) is 49.4. The van der Waals surface area contributed by atoms with Crippen molar-refractivity contribution in [2.75, 3.05) is 0 Å².